The Hall–Kier alpha value is -2.67. The Bertz CT molecular complexity index is 902. The largest absolute Gasteiger partial charge is 0.469 e. The summed E-state index contributed by atoms with van der Waals surface area (Å²) in [7, 11) is 0. The molecule has 0 saturated carbocycles. The van der Waals surface area contributed by atoms with Crippen LogP contribution in [0.25, 0.3) is 10.2 Å². The number of hydrogen-bond acceptors (Lipinski definition) is 5. The minimum atomic E-state index is -0.135. The van der Waals surface area contributed by atoms with Gasteiger partial charge in [-0.2, -0.15) is 0 Å². The number of nitrogens with one attached hydrogen (secondary N) is 2. The molecule has 1 atom stereocenters. The normalized spacial score (nSPS) is 12.1. The highest BCUT2D eigenvalue weighted by atomic mass is 32.1. The summed E-state index contributed by atoms with van der Waals surface area (Å²) in [5, 5.41) is 6.29. The molecular formula is C19H21N3O3S. The minimum absolute atomic E-state index is 0.0207. The third kappa shape index (κ3) is 4.92. The van der Waals surface area contributed by atoms with Gasteiger partial charge in [0, 0.05) is 25.8 Å². The second-order valence-corrected chi connectivity index (χ2v) is 7.28. The lowest BCUT2D eigenvalue weighted by atomic mass is 10.1. The fourth-order valence-corrected chi connectivity index (χ4v) is 3.69. The van der Waals surface area contributed by atoms with E-state index in [0.29, 0.717) is 24.4 Å². The lowest BCUT2D eigenvalue weighted by Gasteiger charge is -2.12. The first-order valence-electron chi connectivity index (χ1n) is 8.48. The summed E-state index contributed by atoms with van der Waals surface area (Å²) in [5.74, 6) is 0.750. The zero-order valence-electron chi connectivity index (χ0n) is 14.7. The molecule has 7 heteroatoms. The van der Waals surface area contributed by atoms with E-state index in [0.717, 1.165) is 21.5 Å². The molecule has 0 aliphatic rings. The Labute approximate surface area is 155 Å². The van der Waals surface area contributed by atoms with Crippen LogP contribution in [0.5, 0.6) is 0 Å². The van der Waals surface area contributed by atoms with Crippen LogP contribution in [0.4, 0.5) is 5.13 Å². The van der Waals surface area contributed by atoms with Crippen LogP contribution in [-0.2, 0) is 22.4 Å². The second kappa shape index (κ2) is 8.14. The summed E-state index contributed by atoms with van der Waals surface area (Å²) in [6.07, 6.45) is 3.39. The predicted molar refractivity (Wildman–Crippen MR) is 102 cm³/mol. The highest BCUT2D eigenvalue weighted by Gasteiger charge is 2.11. The van der Waals surface area contributed by atoms with Crippen LogP contribution in [-0.4, -0.2) is 22.8 Å². The van der Waals surface area contributed by atoms with Gasteiger partial charge >= 0.3 is 0 Å². The number of thiazole rings is 1. The van der Waals surface area contributed by atoms with Crippen molar-refractivity contribution in [2.24, 2.45) is 0 Å². The molecule has 2 amide bonds. The molecule has 0 spiro atoms. The van der Waals surface area contributed by atoms with E-state index in [1.807, 2.05) is 37.3 Å². The Morgan fingerprint density at radius 1 is 1.31 bits per heavy atom. The predicted octanol–water partition coefficient (Wildman–Crippen LogP) is 3.53. The molecular weight excluding hydrogens is 350 g/mol. The number of furan rings is 1. The van der Waals surface area contributed by atoms with Crippen LogP contribution in [0, 0.1) is 0 Å². The molecule has 0 aliphatic heterocycles. The van der Waals surface area contributed by atoms with Crippen molar-refractivity contribution in [1.82, 2.24) is 10.3 Å². The van der Waals surface area contributed by atoms with Gasteiger partial charge < -0.3 is 15.1 Å². The van der Waals surface area contributed by atoms with E-state index in [2.05, 4.69) is 15.6 Å². The molecule has 2 heterocycles. The van der Waals surface area contributed by atoms with E-state index in [1.165, 1.54) is 18.3 Å². The molecule has 0 radical (unpaired) electrons. The first-order valence-corrected chi connectivity index (χ1v) is 9.30. The summed E-state index contributed by atoms with van der Waals surface area (Å²) in [6, 6.07) is 9.69. The van der Waals surface area contributed by atoms with Crippen molar-refractivity contribution in [3.63, 3.8) is 0 Å². The Kier molecular flexibility index (Phi) is 5.68. The fraction of sp³-hybridized carbons (Fsp3) is 0.316. The zero-order chi connectivity index (χ0) is 18.5. The maximum Gasteiger partial charge on any atom is 0.223 e. The maximum atomic E-state index is 12.1. The summed E-state index contributed by atoms with van der Waals surface area (Å²) in [5.41, 5.74) is 1.92. The molecule has 3 aromatic rings. The Morgan fingerprint density at radius 3 is 2.88 bits per heavy atom. The molecule has 0 fully saturated rings. The number of anilines is 1. The number of benzene rings is 1. The summed E-state index contributed by atoms with van der Waals surface area (Å²) in [6.45, 7) is 3.43. The Morgan fingerprint density at radius 2 is 2.15 bits per heavy atom. The first kappa shape index (κ1) is 18.1. The lowest BCUT2D eigenvalue weighted by Crippen LogP contribution is -2.34. The first-order chi connectivity index (χ1) is 12.5. The SMILES string of the molecule is CC(=O)Nc1nc2ccc(CCC(=O)N[C@H](C)Cc3ccco3)cc2s1. The van der Waals surface area contributed by atoms with Crippen LogP contribution < -0.4 is 10.6 Å². The van der Waals surface area contributed by atoms with Crippen LogP contribution in [0.3, 0.4) is 0 Å². The van der Waals surface area contributed by atoms with Crippen molar-refractivity contribution >= 4 is 38.5 Å². The van der Waals surface area contributed by atoms with Crippen molar-refractivity contribution in [1.29, 1.82) is 0 Å². The summed E-state index contributed by atoms with van der Waals surface area (Å²) < 4.78 is 6.30. The average molecular weight is 371 g/mol. The molecule has 0 saturated heterocycles. The minimum Gasteiger partial charge on any atom is -0.469 e. The maximum absolute atomic E-state index is 12.1. The van der Waals surface area contributed by atoms with E-state index in [4.69, 9.17) is 4.42 Å². The van der Waals surface area contributed by atoms with Crippen molar-refractivity contribution < 1.29 is 14.0 Å². The van der Waals surface area contributed by atoms with Gasteiger partial charge in [-0.25, -0.2) is 4.98 Å². The molecule has 0 bridgehead atoms. The molecule has 2 aromatic heterocycles. The van der Waals surface area contributed by atoms with Crippen molar-refractivity contribution in [2.45, 2.75) is 39.2 Å². The van der Waals surface area contributed by atoms with Crippen molar-refractivity contribution in [3.8, 4) is 0 Å². The van der Waals surface area contributed by atoms with Crippen LogP contribution in [0.1, 0.15) is 31.6 Å². The standard InChI is InChI=1S/C19H21N3O3S/c1-12(10-15-4-3-9-25-15)20-18(24)8-6-14-5-7-16-17(11-14)26-19(22-16)21-13(2)23/h3-5,7,9,11-12H,6,8,10H2,1-2H3,(H,20,24)(H,21,22,23)/t12-/m1/s1. The van der Waals surface area contributed by atoms with Gasteiger partial charge in [0.2, 0.25) is 11.8 Å². The molecule has 136 valence electrons. The molecule has 1 aromatic carbocycles. The second-order valence-electron chi connectivity index (χ2n) is 6.25. The topological polar surface area (TPSA) is 84.2 Å². The molecule has 6 nitrogen and oxygen atoms in total. The summed E-state index contributed by atoms with van der Waals surface area (Å²) in [4.78, 5) is 27.6. The molecule has 0 aliphatic carbocycles. The van der Waals surface area contributed by atoms with E-state index < -0.39 is 0 Å². The third-order valence-electron chi connectivity index (χ3n) is 3.87. The highest BCUT2D eigenvalue weighted by Crippen LogP contribution is 2.27. The van der Waals surface area contributed by atoms with Gasteiger partial charge in [-0.1, -0.05) is 17.4 Å². The van der Waals surface area contributed by atoms with Crippen molar-refractivity contribution in [2.75, 3.05) is 5.32 Å². The van der Waals surface area contributed by atoms with Gasteiger partial charge in [0.05, 0.1) is 16.5 Å². The lowest BCUT2D eigenvalue weighted by molar-refractivity contribution is -0.121. The Balaban J connectivity index is 1.53. The van der Waals surface area contributed by atoms with E-state index in [-0.39, 0.29) is 17.9 Å². The number of aryl methyl sites for hydroxylation is 1. The van der Waals surface area contributed by atoms with Gasteiger partial charge in [-0.05, 0) is 43.2 Å². The van der Waals surface area contributed by atoms with Gasteiger partial charge in [0.1, 0.15) is 5.76 Å². The van der Waals surface area contributed by atoms with E-state index in [1.54, 1.807) is 6.26 Å². The smallest absolute Gasteiger partial charge is 0.223 e. The average Bonchev–Trinajstić information content (AvgIpc) is 3.20. The monoisotopic (exact) mass is 371 g/mol. The molecule has 0 unspecified atom stereocenters. The van der Waals surface area contributed by atoms with Gasteiger partial charge in [0.25, 0.3) is 0 Å². The van der Waals surface area contributed by atoms with Gasteiger partial charge in [-0.15, -0.1) is 0 Å². The third-order valence-corrected chi connectivity index (χ3v) is 4.81. The number of nitrogens with zero attached hydrogens (tertiary/aromatic N) is 1. The molecule has 2 N–H and O–H groups in total. The van der Waals surface area contributed by atoms with E-state index in [9.17, 15) is 9.59 Å². The number of carbonyl (C=O) groups excluding carboxylic acids is 2. The quantitative estimate of drug-likeness (QED) is 0.665. The van der Waals surface area contributed by atoms with Crippen LogP contribution in [0.15, 0.2) is 41.0 Å². The number of amides is 2. The number of fused-ring (bicyclic) bond motifs is 1. The molecule has 3 rings (SSSR count). The van der Waals surface area contributed by atoms with Gasteiger partial charge in [0.15, 0.2) is 5.13 Å². The number of aromatic nitrogens is 1. The number of rotatable bonds is 7. The number of hydrogen-bond donors (Lipinski definition) is 2. The number of carbonyl (C=O) groups is 2. The van der Waals surface area contributed by atoms with E-state index >= 15 is 0 Å². The summed E-state index contributed by atoms with van der Waals surface area (Å²) >= 11 is 1.43. The van der Waals surface area contributed by atoms with Gasteiger partial charge in [-0.3, -0.25) is 9.59 Å². The highest BCUT2D eigenvalue weighted by molar-refractivity contribution is 7.22. The molecule has 26 heavy (non-hydrogen) atoms. The van der Waals surface area contributed by atoms with Crippen LogP contribution >= 0.6 is 11.3 Å². The fourth-order valence-electron chi connectivity index (χ4n) is 2.71. The van der Waals surface area contributed by atoms with Crippen LogP contribution in [0.2, 0.25) is 0 Å². The van der Waals surface area contributed by atoms with Crippen molar-refractivity contribution in [3.05, 3.63) is 47.9 Å². The zero-order valence-corrected chi connectivity index (χ0v) is 15.6.